The number of nitrogens with one attached hydrogen (secondary N) is 2. The fourth-order valence-electron chi connectivity index (χ4n) is 8.62. The van der Waals surface area contributed by atoms with Crippen LogP contribution in [0.25, 0.3) is 0 Å². The maximum atomic E-state index is 15.0. The lowest BCUT2D eigenvalue weighted by Gasteiger charge is -2.33. The van der Waals surface area contributed by atoms with Gasteiger partial charge in [0.15, 0.2) is 13.9 Å². The van der Waals surface area contributed by atoms with E-state index in [4.69, 9.17) is 4.74 Å². The summed E-state index contributed by atoms with van der Waals surface area (Å²) in [5.41, 5.74) is 2.05. The van der Waals surface area contributed by atoms with Gasteiger partial charge in [-0.1, -0.05) is 55.5 Å². The number of hydrogen-bond donors (Lipinski definition) is 4. The van der Waals surface area contributed by atoms with E-state index < -0.39 is 31.5 Å². The molecule has 12 heteroatoms. The number of hydrogen-bond acceptors (Lipinski definition) is 7. The highest BCUT2D eigenvalue weighted by molar-refractivity contribution is 6.71. The molecule has 280 valence electrons. The van der Waals surface area contributed by atoms with Crippen molar-refractivity contribution < 1.29 is 33.8 Å². The monoisotopic (exact) mass is 746 g/mol. The van der Waals surface area contributed by atoms with E-state index in [0.717, 1.165) is 18.4 Å². The predicted molar refractivity (Wildman–Crippen MR) is 208 cm³/mol. The number of anilines is 3. The van der Waals surface area contributed by atoms with Crippen LogP contribution in [0.3, 0.4) is 0 Å². The number of carbonyl (C=O) groups excluding carboxylic acids is 4. The number of benzene rings is 4. The van der Waals surface area contributed by atoms with Gasteiger partial charge in [-0.25, -0.2) is 0 Å². The van der Waals surface area contributed by atoms with Crippen molar-refractivity contribution in [2.45, 2.75) is 69.1 Å². The van der Waals surface area contributed by atoms with Crippen LogP contribution in [0.2, 0.25) is 18.6 Å². The Morgan fingerprint density at radius 1 is 0.870 bits per heavy atom. The molecule has 3 aliphatic heterocycles. The standard InChI is InChI=1S/C42H46N4O7Si/c1-27-38(54(2,3)52)36(24-37(48)45-22-10-15-33(45)26-47)53-42(27)34-23-32(44-40(50)30-13-8-5-9-14-30)20-21-35(34)46(41(42)51)25-28-16-18-31(19-17-28)43-39(49)29-11-6-4-7-12-29/h4-9,11-14,16-21,23,27,33,36,38,47,52H,10,15,22,24-26H2,1-3H3,(H,43,49)(H,44,50)/t27-,33-,36+,38-,42+/m0/s1. The average Bonchev–Trinajstić information content (AvgIpc) is 3.83. The molecule has 4 aromatic carbocycles. The van der Waals surface area contributed by atoms with E-state index in [1.54, 1.807) is 88.7 Å². The highest BCUT2D eigenvalue weighted by Gasteiger charge is 2.66. The van der Waals surface area contributed by atoms with E-state index in [1.807, 2.05) is 44.3 Å². The molecule has 4 amide bonds. The van der Waals surface area contributed by atoms with Crippen LogP contribution in [0.4, 0.5) is 17.1 Å². The molecule has 2 fully saturated rings. The van der Waals surface area contributed by atoms with Crippen molar-refractivity contribution in [1.82, 2.24) is 4.90 Å². The van der Waals surface area contributed by atoms with Crippen LogP contribution in [-0.4, -0.2) is 72.0 Å². The summed E-state index contributed by atoms with van der Waals surface area (Å²) in [6, 6.07) is 30.1. The molecule has 5 atom stereocenters. The fraction of sp³-hybridized carbons (Fsp3) is 0.333. The number of nitrogens with zero attached hydrogens (tertiary/aromatic N) is 2. The number of aliphatic hydroxyl groups is 1. The van der Waals surface area contributed by atoms with E-state index in [1.165, 1.54) is 0 Å². The van der Waals surface area contributed by atoms with Crippen molar-refractivity contribution in [3.05, 3.63) is 125 Å². The van der Waals surface area contributed by atoms with Gasteiger partial charge in [0.05, 0.1) is 37.4 Å². The van der Waals surface area contributed by atoms with Crippen molar-refractivity contribution in [3.8, 4) is 0 Å². The van der Waals surface area contributed by atoms with Gasteiger partial charge in [0.2, 0.25) is 5.91 Å². The zero-order valence-electron chi connectivity index (χ0n) is 30.7. The van der Waals surface area contributed by atoms with Crippen molar-refractivity contribution in [2.24, 2.45) is 5.92 Å². The molecule has 0 unspecified atom stereocenters. The Kier molecular flexibility index (Phi) is 10.3. The third-order valence-electron chi connectivity index (χ3n) is 11.2. The van der Waals surface area contributed by atoms with Crippen molar-refractivity contribution >= 4 is 49.0 Å². The molecule has 0 bridgehead atoms. The van der Waals surface area contributed by atoms with Gasteiger partial charge >= 0.3 is 0 Å². The van der Waals surface area contributed by atoms with Crippen LogP contribution >= 0.6 is 0 Å². The Balaban J connectivity index is 1.22. The Morgan fingerprint density at radius 2 is 1.46 bits per heavy atom. The quantitative estimate of drug-likeness (QED) is 0.148. The fourth-order valence-corrected chi connectivity index (χ4v) is 11.2. The van der Waals surface area contributed by atoms with E-state index in [9.17, 15) is 24.3 Å². The third-order valence-corrected chi connectivity index (χ3v) is 13.7. The molecule has 0 aromatic heterocycles. The Morgan fingerprint density at radius 3 is 2.06 bits per heavy atom. The summed E-state index contributed by atoms with van der Waals surface area (Å²) < 4.78 is 6.93. The lowest BCUT2D eigenvalue weighted by Crippen LogP contribution is -2.46. The molecule has 2 saturated heterocycles. The van der Waals surface area contributed by atoms with Gasteiger partial charge in [0, 0.05) is 46.1 Å². The van der Waals surface area contributed by atoms with Gasteiger partial charge in [0.1, 0.15) is 0 Å². The SMILES string of the molecule is C[C@H]1[C@H]([Si](C)(C)O)[C@@H](CC(=O)N2CCC[C@H]2CO)O[C@]12C(=O)N(Cc1ccc(NC(=O)c3ccccc3)cc1)c1ccc(NC(=O)c3ccccc3)cc12. The molecule has 0 radical (unpaired) electrons. The first-order valence-electron chi connectivity index (χ1n) is 18.5. The zero-order valence-corrected chi connectivity index (χ0v) is 31.7. The summed E-state index contributed by atoms with van der Waals surface area (Å²) in [5.74, 6) is -1.55. The maximum absolute atomic E-state index is 15.0. The Bertz CT molecular complexity index is 2040. The molecule has 3 heterocycles. The summed E-state index contributed by atoms with van der Waals surface area (Å²) in [6.45, 7) is 6.14. The minimum absolute atomic E-state index is 0.0343. The summed E-state index contributed by atoms with van der Waals surface area (Å²) in [5, 5.41) is 15.8. The van der Waals surface area contributed by atoms with Crippen LogP contribution < -0.4 is 15.5 Å². The van der Waals surface area contributed by atoms with Gasteiger partial charge in [-0.3, -0.25) is 19.2 Å². The second-order valence-corrected chi connectivity index (χ2v) is 19.1. The number of amides is 4. The smallest absolute Gasteiger partial charge is 0.264 e. The van der Waals surface area contributed by atoms with E-state index in [-0.39, 0.29) is 49.2 Å². The number of carbonyl (C=O) groups is 4. The number of ether oxygens (including phenoxy) is 1. The Labute approximate surface area is 316 Å². The molecule has 4 N–H and O–H groups in total. The summed E-state index contributed by atoms with van der Waals surface area (Å²) >= 11 is 0. The summed E-state index contributed by atoms with van der Waals surface area (Å²) in [6.07, 6.45) is 0.723. The third kappa shape index (κ3) is 6.97. The van der Waals surface area contributed by atoms with Crippen molar-refractivity contribution in [2.75, 3.05) is 28.7 Å². The second kappa shape index (κ2) is 14.9. The molecular formula is C42H46N4O7Si. The minimum atomic E-state index is -3.07. The molecule has 1 spiro atoms. The van der Waals surface area contributed by atoms with Crippen LogP contribution in [0, 0.1) is 5.92 Å². The average molecular weight is 747 g/mol. The minimum Gasteiger partial charge on any atom is -0.432 e. The number of likely N-dealkylation sites (tertiary alicyclic amines) is 1. The molecule has 4 aromatic rings. The normalized spacial score (nSPS) is 23.5. The van der Waals surface area contributed by atoms with Crippen molar-refractivity contribution in [1.29, 1.82) is 0 Å². The largest absolute Gasteiger partial charge is 0.432 e. The first-order chi connectivity index (χ1) is 25.9. The summed E-state index contributed by atoms with van der Waals surface area (Å²) in [4.78, 5) is 69.9. The van der Waals surface area contributed by atoms with Crippen LogP contribution in [0.15, 0.2) is 103 Å². The van der Waals surface area contributed by atoms with Gasteiger partial charge < -0.3 is 35.1 Å². The highest BCUT2D eigenvalue weighted by atomic mass is 28.4. The van der Waals surface area contributed by atoms with Gasteiger partial charge in [-0.15, -0.1) is 0 Å². The molecule has 54 heavy (non-hydrogen) atoms. The molecular weight excluding hydrogens is 701 g/mol. The van der Waals surface area contributed by atoms with Gasteiger partial charge in [-0.05, 0) is 86.1 Å². The van der Waals surface area contributed by atoms with Crippen LogP contribution in [0.1, 0.15) is 58.0 Å². The lowest BCUT2D eigenvalue weighted by atomic mass is 9.82. The first kappa shape index (κ1) is 37.2. The number of aliphatic hydroxyl groups excluding tert-OH is 1. The summed E-state index contributed by atoms with van der Waals surface area (Å²) in [7, 11) is -3.07. The molecule has 3 aliphatic rings. The number of fused-ring (bicyclic) bond motifs is 2. The topological polar surface area (TPSA) is 149 Å². The molecule has 11 nitrogen and oxygen atoms in total. The molecule has 0 aliphatic carbocycles. The van der Waals surface area contributed by atoms with E-state index in [0.29, 0.717) is 40.3 Å². The maximum Gasteiger partial charge on any atom is 0.264 e. The second-order valence-electron chi connectivity index (χ2n) is 15.1. The van der Waals surface area contributed by atoms with E-state index in [2.05, 4.69) is 10.6 Å². The predicted octanol–water partition coefficient (Wildman–Crippen LogP) is 5.91. The van der Waals surface area contributed by atoms with Gasteiger partial charge in [0.25, 0.3) is 17.7 Å². The lowest BCUT2D eigenvalue weighted by molar-refractivity contribution is -0.150. The molecule has 0 saturated carbocycles. The van der Waals surface area contributed by atoms with Crippen LogP contribution in [0.5, 0.6) is 0 Å². The van der Waals surface area contributed by atoms with Crippen molar-refractivity contribution in [3.63, 3.8) is 0 Å². The first-order valence-corrected chi connectivity index (χ1v) is 21.5. The zero-order chi connectivity index (χ0) is 38.2. The molecule has 7 rings (SSSR count). The number of rotatable bonds is 10. The van der Waals surface area contributed by atoms with Crippen LogP contribution in [-0.2, 0) is 26.5 Å². The Hall–Kier alpha value is -5.14. The van der Waals surface area contributed by atoms with Gasteiger partial charge in [-0.2, -0.15) is 0 Å². The highest BCUT2D eigenvalue weighted by Crippen LogP contribution is 2.60. The van der Waals surface area contributed by atoms with E-state index >= 15 is 4.79 Å².